The molecule has 1 fully saturated rings. The Hall–Kier alpha value is -2.08. The van der Waals surface area contributed by atoms with Gasteiger partial charge >= 0.3 is 6.18 Å². The van der Waals surface area contributed by atoms with Crippen molar-refractivity contribution in [3.05, 3.63) is 65.0 Å². The second-order valence-corrected chi connectivity index (χ2v) is 7.17. The first kappa shape index (κ1) is 26.2. The van der Waals surface area contributed by atoms with Gasteiger partial charge in [-0.1, -0.05) is 18.2 Å². The first-order valence-corrected chi connectivity index (χ1v) is 10.1. The highest BCUT2D eigenvalue weighted by Gasteiger charge is 2.34. The first-order chi connectivity index (χ1) is 14.9. The summed E-state index contributed by atoms with van der Waals surface area (Å²) >= 11 is 0. The van der Waals surface area contributed by atoms with Crippen LogP contribution in [0.3, 0.4) is 0 Å². The van der Waals surface area contributed by atoms with Crippen molar-refractivity contribution in [3.63, 3.8) is 0 Å². The van der Waals surface area contributed by atoms with Crippen LogP contribution in [0.4, 0.5) is 23.2 Å². The third-order valence-corrected chi connectivity index (χ3v) is 5.06. The molecule has 0 saturated carbocycles. The number of guanidine groups is 1. The number of hydrogen-bond acceptors (Lipinski definition) is 3. The van der Waals surface area contributed by atoms with Crippen LogP contribution in [0.25, 0.3) is 0 Å². The molecule has 0 spiro atoms. The van der Waals surface area contributed by atoms with E-state index >= 15 is 0 Å². The maximum absolute atomic E-state index is 13.7. The van der Waals surface area contributed by atoms with Gasteiger partial charge in [-0.3, -0.25) is 4.99 Å². The molecule has 1 heterocycles. The van der Waals surface area contributed by atoms with Crippen LogP contribution in [0.5, 0.6) is 0 Å². The van der Waals surface area contributed by atoms with E-state index in [0.717, 1.165) is 5.56 Å². The molecule has 176 valence electrons. The van der Waals surface area contributed by atoms with Crippen molar-refractivity contribution in [2.75, 3.05) is 44.8 Å². The van der Waals surface area contributed by atoms with E-state index in [1.807, 2.05) is 4.90 Å². The Bertz CT molecular complexity index is 884. The molecule has 2 aromatic carbocycles. The van der Waals surface area contributed by atoms with Gasteiger partial charge in [0, 0.05) is 38.9 Å². The SMILES string of the molecule is CN=C(NCCc1ccc(F)cc1)NCc1ccc(N2CCOCC2)cc1C(F)(F)F.I. The molecule has 0 atom stereocenters. The van der Waals surface area contributed by atoms with Crippen molar-refractivity contribution in [1.82, 2.24) is 10.6 Å². The molecule has 32 heavy (non-hydrogen) atoms. The fraction of sp³-hybridized carbons (Fsp3) is 0.409. The average Bonchev–Trinajstić information content (AvgIpc) is 2.77. The Morgan fingerprint density at radius 3 is 2.38 bits per heavy atom. The van der Waals surface area contributed by atoms with Gasteiger partial charge in [0.2, 0.25) is 0 Å². The first-order valence-electron chi connectivity index (χ1n) is 10.1. The number of nitrogens with zero attached hydrogens (tertiary/aromatic N) is 2. The Labute approximate surface area is 202 Å². The van der Waals surface area contributed by atoms with Gasteiger partial charge in [-0.2, -0.15) is 13.2 Å². The molecular weight excluding hydrogens is 539 g/mol. The molecule has 5 nitrogen and oxygen atoms in total. The lowest BCUT2D eigenvalue weighted by Crippen LogP contribution is -2.38. The summed E-state index contributed by atoms with van der Waals surface area (Å²) in [6.45, 7) is 2.63. The predicted octanol–water partition coefficient (Wildman–Crippen LogP) is 4.21. The summed E-state index contributed by atoms with van der Waals surface area (Å²) in [5.74, 6) is 0.0989. The van der Waals surface area contributed by atoms with E-state index in [2.05, 4.69) is 15.6 Å². The molecule has 2 aromatic rings. The van der Waals surface area contributed by atoms with Gasteiger partial charge in [0.1, 0.15) is 5.82 Å². The summed E-state index contributed by atoms with van der Waals surface area (Å²) in [5, 5.41) is 6.00. The topological polar surface area (TPSA) is 48.9 Å². The average molecular weight is 566 g/mol. The van der Waals surface area contributed by atoms with E-state index in [4.69, 9.17) is 4.74 Å². The van der Waals surface area contributed by atoms with Gasteiger partial charge in [0.15, 0.2) is 5.96 Å². The minimum atomic E-state index is -4.46. The van der Waals surface area contributed by atoms with Gasteiger partial charge in [0.25, 0.3) is 0 Å². The summed E-state index contributed by atoms with van der Waals surface area (Å²) in [6.07, 6.45) is -3.83. The van der Waals surface area contributed by atoms with Crippen LogP contribution in [-0.4, -0.2) is 45.9 Å². The highest BCUT2D eigenvalue weighted by atomic mass is 127. The van der Waals surface area contributed by atoms with Crippen molar-refractivity contribution in [1.29, 1.82) is 0 Å². The number of halogens is 5. The highest BCUT2D eigenvalue weighted by molar-refractivity contribution is 14.0. The molecule has 1 aliphatic heterocycles. The van der Waals surface area contributed by atoms with Crippen molar-refractivity contribution in [2.45, 2.75) is 19.1 Å². The number of aliphatic imine (C=N–C) groups is 1. The molecular formula is C22H27F4IN4O. The summed E-state index contributed by atoms with van der Waals surface area (Å²) in [4.78, 5) is 5.96. The van der Waals surface area contributed by atoms with Gasteiger partial charge in [-0.25, -0.2) is 4.39 Å². The highest BCUT2D eigenvalue weighted by Crippen LogP contribution is 2.35. The van der Waals surface area contributed by atoms with E-state index in [1.165, 1.54) is 24.3 Å². The van der Waals surface area contributed by atoms with Crippen molar-refractivity contribution >= 4 is 35.6 Å². The summed E-state index contributed by atoms with van der Waals surface area (Å²) in [6, 6.07) is 10.6. The van der Waals surface area contributed by atoms with E-state index in [9.17, 15) is 17.6 Å². The van der Waals surface area contributed by atoms with Crippen LogP contribution in [0.15, 0.2) is 47.5 Å². The monoisotopic (exact) mass is 566 g/mol. The van der Waals surface area contributed by atoms with E-state index in [-0.39, 0.29) is 41.9 Å². The third kappa shape index (κ3) is 7.51. The number of nitrogens with one attached hydrogen (secondary N) is 2. The molecule has 2 N–H and O–H groups in total. The molecule has 0 aromatic heterocycles. The fourth-order valence-electron chi connectivity index (χ4n) is 3.38. The van der Waals surface area contributed by atoms with Crippen LogP contribution < -0.4 is 15.5 Å². The summed E-state index contributed by atoms with van der Waals surface area (Å²) in [7, 11) is 1.55. The Morgan fingerprint density at radius 2 is 1.75 bits per heavy atom. The number of rotatable bonds is 6. The molecule has 10 heteroatoms. The van der Waals surface area contributed by atoms with Gasteiger partial charge in [-0.15, -0.1) is 24.0 Å². The van der Waals surface area contributed by atoms with Crippen LogP contribution in [-0.2, 0) is 23.9 Å². The van der Waals surface area contributed by atoms with Crippen LogP contribution in [0, 0.1) is 5.82 Å². The number of anilines is 1. The molecule has 0 radical (unpaired) electrons. The molecule has 0 unspecified atom stereocenters. The number of benzene rings is 2. The van der Waals surface area contributed by atoms with Crippen molar-refractivity contribution < 1.29 is 22.3 Å². The Balaban J connectivity index is 0.00000363. The maximum atomic E-state index is 13.7. The van der Waals surface area contributed by atoms with Crippen LogP contribution >= 0.6 is 24.0 Å². The smallest absolute Gasteiger partial charge is 0.378 e. The normalized spacial score (nSPS) is 14.7. The van der Waals surface area contributed by atoms with Gasteiger partial charge in [-0.05, 0) is 41.8 Å². The second kappa shape index (κ2) is 12.2. The van der Waals surface area contributed by atoms with E-state index in [1.54, 1.807) is 25.2 Å². The Kier molecular flexibility index (Phi) is 10.0. The molecule has 0 aliphatic carbocycles. The van der Waals surface area contributed by atoms with Crippen molar-refractivity contribution in [2.24, 2.45) is 4.99 Å². The zero-order valence-corrected chi connectivity index (χ0v) is 20.0. The Morgan fingerprint density at radius 1 is 1.06 bits per heavy atom. The lowest BCUT2D eigenvalue weighted by atomic mass is 10.0. The largest absolute Gasteiger partial charge is 0.416 e. The third-order valence-electron chi connectivity index (χ3n) is 5.06. The summed E-state index contributed by atoms with van der Waals surface area (Å²) < 4.78 is 59.3. The van der Waals surface area contributed by atoms with Gasteiger partial charge < -0.3 is 20.3 Å². The molecule has 0 bridgehead atoms. The predicted molar refractivity (Wildman–Crippen MR) is 128 cm³/mol. The van der Waals surface area contributed by atoms with E-state index in [0.29, 0.717) is 50.9 Å². The molecule has 3 rings (SSSR count). The maximum Gasteiger partial charge on any atom is 0.416 e. The minimum absolute atomic E-state index is 0. The number of alkyl halides is 3. The number of hydrogen-bond donors (Lipinski definition) is 2. The summed E-state index contributed by atoms with van der Waals surface area (Å²) in [5.41, 5.74) is 0.973. The molecule has 0 amide bonds. The van der Waals surface area contributed by atoms with Crippen LogP contribution in [0.2, 0.25) is 0 Å². The fourth-order valence-corrected chi connectivity index (χ4v) is 3.38. The number of ether oxygens (including phenoxy) is 1. The van der Waals surface area contributed by atoms with Gasteiger partial charge in [0.05, 0.1) is 18.8 Å². The zero-order chi connectivity index (χ0) is 22.3. The lowest BCUT2D eigenvalue weighted by molar-refractivity contribution is -0.138. The standard InChI is InChI=1S/C22H26F4N4O.HI/c1-27-21(28-9-8-16-2-5-18(23)6-3-16)29-15-17-4-7-19(14-20(17)22(24,25)26)30-10-12-31-13-11-30;/h2-7,14H,8-13,15H2,1H3,(H2,27,28,29);1H. The minimum Gasteiger partial charge on any atom is -0.378 e. The van der Waals surface area contributed by atoms with E-state index < -0.39 is 11.7 Å². The quantitative estimate of drug-likeness (QED) is 0.238. The second-order valence-electron chi connectivity index (χ2n) is 7.17. The molecule has 1 aliphatic rings. The van der Waals surface area contributed by atoms with Crippen LogP contribution in [0.1, 0.15) is 16.7 Å². The lowest BCUT2D eigenvalue weighted by Gasteiger charge is -2.29. The van der Waals surface area contributed by atoms with Crippen molar-refractivity contribution in [3.8, 4) is 0 Å². The molecule has 1 saturated heterocycles. The number of morpholine rings is 1. The zero-order valence-electron chi connectivity index (χ0n) is 17.7.